The number of rotatable bonds is 3. The lowest BCUT2D eigenvalue weighted by molar-refractivity contribution is -0.126. The lowest BCUT2D eigenvalue weighted by atomic mass is 9.57. The zero-order chi connectivity index (χ0) is 29.4. The Morgan fingerprint density at radius 1 is 0.690 bits per heavy atom. The van der Waals surface area contributed by atoms with Crippen LogP contribution in [-0.4, -0.2) is 28.7 Å². The summed E-state index contributed by atoms with van der Waals surface area (Å²) in [4.78, 5) is 58.0. The minimum Gasteiger partial charge on any atom is -0.505 e. The highest BCUT2D eigenvalue weighted by molar-refractivity contribution is 9.10. The summed E-state index contributed by atoms with van der Waals surface area (Å²) in [5.41, 5.74) is 2.11. The molecule has 0 aromatic heterocycles. The molecule has 2 aliphatic carbocycles. The Balaban J connectivity index is 1.33. The first-order chi connectivity index (χ1) is 20.2. The zero-order valence-electron chi connectivity index (χ0n) is 21.9. The van der Waals surface area contributed by atoms with Crippen molar-refractivity contribution in [3.05, 3.63) is 98.7 Å². The molecule has 3 aromatic rings. The smallest absolute Gasteiger partial charge is 0.238 e. The minimum absolute atomic E-state index is 0.222. The zero-order valence-corrected chi connectivity index (χ0v) is 25.1. The molecule has 10 heteroatoms. The highest BCUT2D eigenvalue weighted by atomic mass is 79.9. The number of aromatic hydroxyl groups is 1. The van der Waals surface area contributed by atoms with E-state index >= 15 is 0 Å². The van der Waals surface area contributed by atoms with Gasteiger partial charge in [0, 0.05) is 14.9 Å². The minimum atomic E-state index is -0.837. The van der Waals surface area contributed by atoms with Crippen LogP contribution >= 0.6 is 31.9 Å². The third-order valence-electron chi connectivity index (χ3n) is 9.15. The van der Waals surface area contributed by atoms with Gasteiger partial charge in [-0.2, -0.15) is 0 Å². The van der Waals surface area contributed by atoms with E-state index < -0.39 is 53.0 Å². The summed E-state index contributed by atoms with van der Waals surface area (Å²) in [6, 6.07) is 17.8. The summed E-state index contributed by atoms with van der Waals surface area (Å²) in [5.74, 6) is -6.85. The first-order valence-electron chi connectivity index (χ1n) is 13.6. The maximum Gasteiger partial charge on any atom is 0.238 e. The van der Waals surface area contributed by atoms with Gasteiger partial charge in [0.1, 0.15) is 0 Å². The van der Waals surface area contributed by atoms with Gasteiger partial charge in [0.05, 0.1) is 35.0 Å². The van der Waals surface area contributed by atoms with Crippen molar-refractivity contribution in [2.24, 2.45) is 29.6 Å². The number of carbonyl (C=O) groups is 4. The number of allylic oxidation sites excluding steroid dienone is 2. The van der Waals surface area contributed by atoms with E-state index in [1.807, 2.05) is 6.08 Å². The van der Waals surface area contributed by atoms with Gasteiger partial charge in [0.25, 0.3) is 0 Å². The van der Waals surface area contributed by atoms with E-state index in [-0.39, 0.29) is 24.1 Å². The molecule has 0 unspecified atom stereocenters. The van der Waals surface area contributed by atoms with E-state index in [1.54, 1.807) is 54.6 Å². The van der Waals surface area contributed by atoms with Crippen molar-refractivity contribution in [2.45, 2.75) is 18.8 Å². The monoisotopic (exact) mass is 692 g/mol. The Bertz CT molecular complexity index is 1710. The molecule has 2 saturated heterocycles. The van der Waals surface area contributed by atoms with Gasteiger partial charge in [0.2, 0.25) is 23.6 Å². The van der Waals surface area contributed by atoms with Crippen LogP contribution in [0.1, 0.15) is 24.3 Å². The standard InChI is InChI=1S/C32H23Br2FN2O5/c33-16-2-6-18(7-3-16)36-29(39)21-11-10-20-22(27(21)31(36)41)14-23-28(26(20)15-1-12-25(38)24(35)13-15)32(42)37(30(23)40)19-8-4-17(34)5-9-19/h1-10,12-13,21-23,26-28,38H,11,14H2/t21-,22+,23+,26-,27-,28+/m0/s1. The molecule has 4 amide bonds. The van der Waals surface area contributed by atoms with Crippen molar-refractivity contribution in [3.63, 3.8) is 0 Å². The van der Waals surface area contributed by atoms with E-state index in [4.69, 9.17) is 0 Å². The van der Waals surface area contributed by atoms with Crippen LogP contribution in [0, 0.1) is 35.4 Å². The van der Waals surface area contributed by atoms with E-state index in [9.17, 15) is 28.7 Å². The fourth-order valence-corrected chi connectivity index (χ4v) is 7.90. The maximum atomic E-state index is 14.7. The Labute approximate surface area is 257 Å². The maximum absolute atomic E-state index is 14.7. The largest absolute Gasteiger partial charge is 0.505 e. The van der Waals surface area contributed by atoms with Gasteiger partial charge in [-0.3, -0.25) is 29.0 Å². The van der Waals surface area contributed by atoms with Crippen molar-refractivity contribution in [2.75, 3.05) is 9.80 Å². The second-order valence-electron chi connectivity index (χ2n) is 11.2. The number of nitrogens with zero attached hydrogens (tertiary/aromatic N) is 2. The molecule has 212 valence electrons. The van der Waals surface area contributed by atoms with Gasteiger partial charge >= 0.3 is 0 Å². The third kappa shape index (κ3) is 4.02. The average Bonchev–Trinajstić information content (AvgIpc) is 3.38. The number of imide groups is 2. The number of carbonyl (C=O) groups excluding carboxylic acids is 4. The molecule has 2 heterocycles. The SMILES string of the molecule is O=C1[C@H]2[C@H](CC=C3[C@H]2C[C@H]2C(=O)N(c4ccc(Br)cc4)C(=O)[C@H]2[C@H]3c2ccc(O)c(F)c2)C(=O)N1c1ccc(Br)cc1. The van der Waals surface area contributed by atoms with E-state index in [1.165, 1.54) is 21.9 Å². The first kappa shape index (κ1) is 27.2. The quantitative estimate of drug-likeness (QED) is 0.264. The first-order valence-corrected chi connectivity index (χ1v) is 15.2. The van der Waals surface area contributed by atoms with Gasteiger partial charge in [-0.15, -0.1) is 0 Å². The second kappa shape index (κ2) is 9.98. The molecular formula is C32H23Br2FN2O5. The van der Waals surface area contributed by atoms with Crippen LogP contribution < -0.4 is 9.80 Å². The Kier molecular flexibility index (Phi) is 6.47. The predicted octanol–water partition coefficient (Wildman–Crippen LogP) is 6.10. The number of halogens is 3. The third-order valence-corrected chi connectivity index (χ3v) is 10.2. The molecule has 7 nitrogen and oxygen atoms in total. The van der Waals surface area contributed by atoms with Crippen molar-refractivity contribution < 1.29 is 28.7 Å². The number of hydrogen-bond acceptors (Lipinski definition) is 5. The number of hydrogen-bond donors (Lipinski definition) is 1. The van der Waals surface area contributed by atoms with Gasteiger partial charge in [-0.1, -0.05) is 49.6 Å². The van der Waals surface area contributed by atoms with E-state index in [0.29, 0.717) is 23.4 Å². The molecule has 42 heavy (non-hydrogen) atoms. The van der Waals surface area contributed by atoms with Crippen LogP contribution in [0.5, 0.6) is 5.75 Å². The fraction of sp³-hybridized carbons (Fsp3) is 0.250. The number of phenols is 1. The Morgan fingerprint density at radius 3 is 1.81 bits per heavy atom. The highest BCUT2D eigenvalue weighted by Gasteiger charge is 2.62. The predicted molar refractivity (Wildman–Crippen MR) is 159 cm³/mol. The number of amides is 4. The van der Waals surface area contributed by atoms with Crippen LogP contribution in [0.2, 0.25) is 0 Å². The van der Waals surface area contributed by atoms with Gasteiger partial charge in [-0.25, -0.2) is 4.39 Å². The molecule has 7 rings (SSSR count). The van der Waals surface area contributed by atoms with Crippen molar-refractivity contribution in [1.29, 1.82) is 0 Å². The topological polar surface area (TPSA) is 95.0 Å². The fourth-order valence-electron chi connectivity index (χ4n) is 7.37. The van der Waals surface area contributed by atoms with Gasteiger partial charge < -0.3 is 5.11 Å². The van der Waals surface area contributed by atoms with Gasteiger partial charge in [-0.05, 0) is 85.0 Å². The molecular weight excluding hydrogens is 671 g/mol. The van der Waals surface area contributed by atoms with Crippen molar-refractivity contribution >= 4 is 66.9 Å². The summed E-state index contributed by atoms with van der Waals surface area (Å²) in [6.07, 6.45) is 2.43. The molecule has 0 spiro atoms. The molecule has 0 radical (unpaired) electrons. The molecule has 1 N–H and O–H groups in total. The molecule has 1 saturated carbocycles. The Morgan fingerprint density at radius 2 is 1.24 bits per heavy atom. The summed E-state index contributed by atoms with van der Waals surface area (Å²) in [5, 5.41) is 9.90. The average molecular weight is 694 g/mol. The van der Waals surface area contributed by atoms with Crippen molar-refractivity contribution in [1.82, 2.24) is 0 Å². The summed E-state index contributed by atoms with van der Waals surface area (Å²) in [7, 11) is 0. The second-order valence-corrected chi connectivity index (χ2v) is 13.0. The van der Waals surface area contributed by atoms with Crippen LogP contribution in [-0.2, 0) is 19.2 Å². The highest BCUT2D eigenvalue weighted by Crippen LogP contribution is 2.58. The summed E-state index contributed by atoms with van der Waals surface area (Å²) < 4.78 is 16.3. The molecule has 6 atom stereocenters. The van der Waals surface area contributed by atoms with Crippen LogP contribution in [0.25, 0.3) is 0 Å². The molecule has 4 aliphatic rings. The Hall–Kier alpha value is -3.63. The lowest BCUT2D eigenvalue weighted by Gasteiger charge is -2.44. The molecule has 3 fully saturated rings. The number of benzene rings is 3. The van der Waals surface area contributed by atoms with Crippen LogP contribution in [0.3, 0.4) is 0 Å². The van der Waals surface area contributed by atoms with E-state index in [0.717, 1.165) is 14.5 Å². The summed E-state index contributed by atoms with van der Waals surface area (Å²) >= 11 is 6.77. The number of anilines is 2. The normalized spacial score (nSPS) is 28.5. The lowest BCUT2D eigenvalue weighted by Crippen LogP contribution is -2.43. The molecule has 2 aliphatic heterocycles. The van der Waals surface area contributed by atoms with E-state index in [2.05, 4.69) is 31.9 Å². The van der Waals surface area contributed by atoms with Crippen molar-refractivity contribution in [3.8, 4) is 5.75 Å². The molecule has 0 bridgehead atoms. The summed E-state index contributed by atoms with van der Waals surface area (Å²) in [6.45, 7) is 0. The van der Waals surface area contributed by atoms with Crippen LogP contribution in [0.15, 0.2) is 87.3 Å². The number of fused-ring (bicyclic) bond motifs is 4. The number of phenolic OH excluding ortho intramolecular Hbond substituents is 1. The van der Waals surface area contributed by atoms with Crippen LogP contribution in [0.4, 0.5) is 15.8 Å². The molecule has 3 aromatic carbocycles. The van der Waals surface area contributed by atoms with Gasteiger partial charge in [0.15, 0.2) is 11.6 Å².